The Morgan fingerprint density at radius 3 is 2.56 bits per heavy atom. The van der Waals surface area contributed by atoms with Crippen molar-refractivity contribution < 1.29 is 0 Å². The lowest BCUT2D eigenvalue weighted by Crippen LogP contribution is -2.14. The van der Waals surface area contributed by atoms with Crippen molar-refractivity contribution in [2.24, 2.45) is 12.8 Å². The average molecular weight is 284 g/mol. The molecule has 5 heteroatoms. The molecule has 2 heterocycles. The van der Waals surface area contributed by atoms with Crippen LogP contribution in [-0.4, -0.2) is 9.78 Å². The molecule has 0 radical (unpaired) electrons. The minimum Gasteiger partial charge on any atom is -0.323 e. The zero-order chi connectivity index (χ0) is 13.4. The van der Waals surface area contributed by atoms with Gasteiger partial charge in [0.1, 0.15) is 0 Å². The Hall–Kier alpha value is -0.840. The molecule has 0 aliphatic heterocycles. The number of hydrogen-bond donors (Lipinski definition) is 1. The summed E-state index contributed by atoms with van der Waals surface area (Å²) >= 11 is 8.01. The molecule has 1 atom stereocenters. The molecule has 0 bridgehead atoms. The van der Waals surface area contributed by atoms with Gasteiger partial charge in [0.25, 0.3) is 0 Å². The minimum atomic E-state index is -0.0188. The lowest BCUT2D eigenvalue weighted by molar-refractivity contribution is 0.645. The summed E-state index contributed by atoms with van der Waals surface area (Å²) in [7, 11) is 1.91. The number of halogens is 1. The Morgan fingerprint density at radius 2 is 2.11 bits per heavy atom. The van der Waals surface area contributed by atoms with E-state index in [9.17, 15) is 0 Å². The van der Waals surface area contributed by atoms with Gasteiger partial charge in [-0.15, -0.1) is 11.3 Å². The molecule has 2 N–H and O–H groups in total. The molecule has 2 aromatic rings. The number of thiophene rings is 1. The first kappa shape index (κ1) is 13.6. The maximum atomic E-state index is 6.27. The van der Waals surface area contributed by atoms with Crippen molar-refractivity contribution in [2.75, 3.05) is 0 Å². The highest BCUT2D eigenvalue weighted by Gasteiger charge is 2.17. The third-order valence-electron chi connectivity index (χ3n) is 3.23. The predicted molar refractivity (Wildman–Crippen MR) is 77.4 cm³/mol. The molecule has 18 heavy (non-hydrogen) atoms. The van der Waals surface area contributed by atoms with Crippen LogP contribution in [0, 0.1) is 20.8 Å². The second-order valence-corrected chi connectivity index (χ2v) is 6.33. The van der Waals surface area contributed by atoms with Crippen molar-refractivity contribution in [1.82, 2.24) is 9.78 Å². The van der Waals surface area contributed by atoms with Gasteiger partial charge in [0, 0.05) is 29.3 Å². The summed E-state index contributed by atoms with van der Waals surface area (Å²) in [4.78, 5) is 2.53. The van der Waals surface area contributed by atoms with Crippen molar-refractivity contribution >= 4 is 22.9 Å². The predicted octanol–water partition coefficient (Wildman–Crippen LogP) is 3.30. The zero-order valence-corrected chi connectivity index (χ0v) is 12.7. The summed E-state index contributed by atoms with van der Waals surface area (Å²) < 4.78 is 1.82. The summed E-state index contributed by atoms with van der Waals surface area (Å²) in [5.74, 6) is 0. The fraction of sp³-hybridized carbons (Fsp3) is 0.462. The summed E-state index contributed by atoms with van der Waals surface area (Å²) in [6.07, 6.45) is 0.718. The van der Waals surface area contributed by atoms with E-state index in [1.165, 1.54) is 15.3 Å². The van der Waals surface area contributed by atoms with Crippen molar-refractivity contribution in [3.8, 4) is 0 Å². The number of nitrogens with two attached hydrogens (primary N) is 1. The van der Waals surface area contributed by atoms with Gasteiger partial charge in [-0.25, -0.2) is 0 Å². The van der Waals surface area contributed by atoms with Crippen LogP contribution in [0.4, 0.5) is 0 Å². The van der Waals surface area contributed by atoms with Gasteiger partial charge in [-0.3, -0.25) is 4.68 Å². The maximum Gasteiger partial charge on any atom is 0.0847 e. The topological polar surface area (TPSA) is 43.8 Å². The molecule has 2 aromatic heterocycles. The molecular weight excluding hydrogens is 266 g/mol. The first-order valence-corrected chi connectivity index (χ1v) is 7.10. The van der Waals surface area contributed by atoms with Crippen LogP contribution in [0.2, 0.25) is 5.02 Å². The van der Waals surface area contributed by atoms with Gasteiger partial charge < -0.3 is 5.73 Å². The molecule has 98 valence electrons. The highest BCUT2D eigenvalue weighted by atomic mass is 35.5. The van der Waals surface area contributed by atoms with Gasteiger partial charge in [0.05, 0.1) is 16.4 Å². The molecule has 0 aliphatic rings. The van der Waals surface area contributed by atoms with Crippen molar-refractivity contribution in [3.63, 3.8) is 0 Å². The Morgan fingerprint density at radius 1 is 1.44 bits per heavy atom. The smallest absolute Gasteiger partial charge is 0.0847 e. The molecule has 0 amide bonds. The Bertz CT molecular complexity index is 552. The molecule has 0 fully saturated rings. The van der Waals surface area contributed by atoms with Gasteiger partial charge >= 0.3 is 0 Å². The molecule has 0 aliphatic carbocycles. The summed E-state index contributed by atoms with van der Waals surface area (Å²) in [6, 6.07) is 2.15. The maximum absolute atomic E-state index is 6.27. The van der Waals surface area contributed by atoms with Gasteiger partial charge in [-0.1, -0.05) is 11.6 Å². The number of hydrogen-bond acceptors (Lipinski definition) is 3. The average Bonchev–Trinajstić information content (AvgIpc) is 2.75. The van der Waals surface area contributed by atoms with Crippen molar-refractivity contribution in [1.29, 1.82) is 0 Å². The van der Waals surface area contributed by atoms with E-state index in [2.05, 4.69) is 25.0 Å². The van der Waals surface area contributed by atoms with E-state index in [1.54, 1.807) is 11.3 Å². The van der Waals surface area contributed by atoms with Crippen LogP contribution in [0.5, 0.6) is 0 Å². The third-order valence-corrected chi connectivity index (χ3v) is 5.00. The van der Waals surface area contributed by atoms with E-state index < -0.39 is 0 Å². The second-order valence-electron chi connectivity index (χ2n) is 4.67. The van der Waals surface area contributed by atoms with E-state index in [0.29, 0.717) is 0 Å². The molecule has 0 aromatic carbocycles. The van der Waals surface area contributed by atoms with Crippen LogP contribution in [0.15, 0.2) is 6.07 Å². The quantitative estimate of drug-likeness (QED) is 0.939. The number of rotatable bonds is 3. The summed E-state index contributed by atoms with van der Waals surface area (Å²) in [5, 5.41) is 5.05. The standard InChI is InChI=1S/C13H18ClN3S/c1-7-5-12(18-9(7)3)10(15)6-11-13(14)8(2)16-17(11)4/h5,10H,6,15H2,1-4H3. The largest absolute Gasteiger partial charge is 0.323 e. The molecule has 0 saturated heterocycles. The third kappa shape index (κ3) is 2.46. The lowest BCUT2D eigenvalue weighted by atomic mass is 10.1. The van der Waals surface area contributed by atoms with E-state index >= 15 is 0 Å². The van der Waals surface area contributed by atoms with Gasteiger partial charge in [-0.05, 0) is 32.4 Å². The normalized spacial score (nSPS) is 13.0. The zero-order valence-electron chi connectivity index (χ0n) is 11.1. The SMILES string of the molecule is Cc1cc(C(N)Cc2c(Cl)c(C)nn2C)sc1C. The molecule has 3 nitrogen and oxygen atoms in total. The first-order chi connectivity index (χ1) is 8.40. The first-order valence-electron chi connectivity index (χ1n) is 5.90. The number of aromatic nitrogens is 2. The number of nitrogens with zero attached hydrogens (tertiary/aromatic N) is 2. The van der Waals surface area contributed by atoms with E-state index in [-0.39, 0.29) is 6.04 Å². The van der Waals surface area contributed by atoms with E-state index in [4.69, 9.17) is 17.3 Å². The van der Waals surface area contributed by atoms with Gasteiger partial charge in [0.2, 0.25) is 0 Å². The Balaban J connectivity index is 2.23. The van der Waals surface area contributed by atoms with Crippen molar-refractivity contribution in [2.45, 2.75) is 33.2 Å². The summed E-state index contributed by atoms with van der Waals surface area (Å²) in [6.45, 7) is 6.15. The number of aryl methyl sites for hydroxylation is 4. The van der Waals surface area contributed by atoms with E-state index in [0.717, 1.165) is 22.8 Å². The van der Waals surface area contributed by atoms with Crippen LogP contribution in [-0.2, 0) is 13.5 Å². The van der Waals surface area contributed by atoms with Crippen LogP contribution in [0.3, 0.4) is 0 Å². The van der Waals surface area contributed by atoms with Crippen molar-refractivity contribution in [3.05, 3.63) is 37.8 Å². The van der Waals surface area contributed by atoms with E-state index in [1.807, 2.05) is 18.7 Å². The fourth-order valence-electron chi connectivity index (χ4n) is 2.00. The molecule has 0 spiro atoms. The second kappa shape index (κ2) is 5.03. The highest BCUT2D eigenvalue weighted by Crippen LogP contribution is 2.29. The summed E-state index contributed by atoms with van der Waals surface area (Å²) in [5.41, 5.74) is 9.44. The van der Waals surface area contributed by atoms with Crippen LogP contribution < -0.4 is 5.73 Å². The molecule has 0 saturated carbocycles. The Labute approximate surface area is 117 Å². The van der Waals surface area contributed by atoms with Gasteiger partial charge in [-0.2, -0.15) is 5.10 Å². The molecule has 2 rings (SSSR count). The van der Waals surface area contributed by atoms with Crippen LogP contribution in [0.25, 0.3) is 0 Å². The van der Waals surface area contributed by atoms with Gasteiger partial charge in [0.15, 0.2) is 0 Å². The monoisotopic (exact) mass is 283 g/mol. The van der Waals surface area contributed by atoms with Crippen LogP contribution >= 0.6 is 22.9 Å². The molecular formula is C13H18ClN3S. The Kier molecular flexibility index (Phi) is 3.80. The minimum absolute atomic E-state index is 0.0188. The fourth-order valence-corrected chi connectivity index (χ4v) is 3.28. The molecule has 1 unspecified atom stereocenters. The van der Waals surface area contributed by atoms with Crippen LogP contribution in [0.1, 0.15) is 32.7 Å². The highest BCUT2D eigenvalue weighted by molar-refractivity contribution is 7.12. The lowest BCUT2D eigenvalue weighted by Gasteiger charge is -2.10.